The average Bonchev–Trinajstić information content (AvgIpc) is 2.01. The molecule has 0 aromatic rings. The normalized spacial score (nSPS) is 16.4. The van der Waals surface area contributed by atoms with Gasteiger partial charge in [-0.3, -0.25) is 0 Å². The summed E-state index contributed by atoms with van der Waals surface area (Å²) >= 11 is 0. The van der Waals surface area contributed by atoms with E-state index < -0.39 is 6.10 Å². The maximum absolute atomic E-state index is 8.94. The molecule has 11 heavy (non-hydrogen) atoms. The molecule has 2 unspecified atom stereocenters. The van der Waals surface area contributed by atoms with Crippen molar-refractivity contribution in [3.8, 4) is 0 Å². The van der Waals surface area contributed by atoms with Crippen molar-refractivity contribution in [2.75, 3.05) is 19.7 Å². The predicted molar refractivity (Wildman–Crippen MR) is 42.7 cm³/mol. The summed E-state index contributed by atoms with van der Waals surface area (Å²) < 4.78 is 5.00. The largest absolute Gasteiger partial charge is 0.389 e. The van der Waals surface area contributed by atoms with Gasteiger partial charge in [0.2, 0.25) is 0 Å². The zero-order chi connectivity index (χ0) is 8.69. The number of aliphatic hydroxyl groups is 1. The third-order valence-electron chi connectivity index (χ3n) is 1.23. The fraction of sp³-hybridized carbons (Fsp3) is 1.00. The van der Waals surface area contributed by atoms with Gasteiger partial charge in [0.05, 0.1) is 12.7 Å². The smallest absolute Gasteiger partial charge is 0.106 e. The van der Waals surface area contributed by atoms with Crippen LogP contribution >= 0.6 is 0 Å². The molecule has 5 nitrogen and oxygen atoms in total. The van der Waals surface area contributed by atoms with Crippen molar-refractivity contribution in [3.05, 3.63) is 0 Å². The van der Waals surface area contributed by atoms with E-state index >= 15 is 0 Å². The van der Waals surface area contributed by atoms with Crippen LogP contribution in [0.3, 0.4) is 0 Å². The molecule has 0 radical (unpaired) electrons. The number of hydrogen-bond donors (Lipinski definition) is 4. The van der Waals surface area contributed by atoms with Crippen LogP contribution in [0.15, 0.2) is 0 Å². The van der Waals surface area contributed by atoms with Crippen molar-refractivity contribution in [1.29, 1.82) is 0 Å². The van der Waals surface area contributed by atoms with Crippen LogP contribution < -0.4 is 17.2 Å². The molecule has 0 amide bonds. The van der Waals surface area contributed by atoms with Crippen LogP contribution in [-0.2, 0) is 4.74 Å². The predicted octanol–water partition coefficient (Wildman–Crippen LogP) is -2.04. The molecule has 0 aliphatic carbocycles. The summed E-state index contributed by atoms with van der Waals surface area (Å²) in [5, 5.41) is 8.94. The Kier molecular flexibility index (Phi) is 6.39. The Morgan fingerprint density at radius 1 is 1.36 bits per heavy atom. The number of rotatable bonds is 6. The Balaban J connectivity index is 3.22. The lowest BCUT2D eigenvalue weighted by molar-refractivity contribution is -0.00545. The Hall–Kier alpha value is -0.200. The first-order valence-electron chi connectivity index (χ1n) is 3.66. The first-order chi connectivity index (χ1) is 5.20. The van der Waals surface area contributed by atoms with Crippen molar-refractivity contribution in [2.45, 2.75) is 18.8 Å². The molecule has 68 valence electrons. The van der Waals surface area contributed by atoms with Gasteiger partial charge in [-0.2, -0.15) is 0 Å². The molecule has 0 saturated carbocycles. The highest BCUT2D eigenvalue weighted by atomic mass is 16.5. The van der Waals surface area contributed by atoms with Gasteiger partial charge in [0.25, 0.3) is 0 Å². The van der Waals surface area contributed by atoms with E-state index in [0.29, 0.717) is 13.0 Å². The molecule has 0 fully saturated rings. The molecule has 0 bridgehead atoms. The van der Waals surface area contributed by atoms with Crippen LogP contribution in [0.1, 0.15) is 6.42 Å². The lowest BCUT2D eigenvalue weighted by atomic mass is 10.3. The molecule has 0 aliphatic heterocycles. The molecule has 7 N–H and O–H groups in total. The van der Waals surface area contributed by atoms with Crippen LogP contribution in [0.25, 0.3) is 0 Å². The van der Waals surface area contributed by atoms with Crippen LogP contribution in [-0.4, -0.2) is 37.1 Å². The fourth-order valence-electron chi connectivity index (χ4n) is 0.550. The summed E-state index contributed by atoms with van der Waals surface area (Å²) in [6.45, 7) is 0.854. The number of nitrogens with two attached hydrogens (primary N) is 3. The van der Waals surface area contributed by atoms with Crippen LogP contribution in [0, 0.1) is 0 Å². The highest BCUT2D eigenvalue weighted by molar-refractivity contribution is 4.55. The minimum atomic E-state index is -0.626. The Morgan fingerprint density at radius 3 is 2.45 bits per heavy atom. The molecule has 0 aromatic heterocycles. The van der Waals surface area contributed by atoms with Gasteiger partial charge < -0.3 is 27.0 Å². The van der Waals surface area contributed by atoms with E-state index in [1.807, 2.05) is 0 Å². The molecule has 5 heteroatoms. The van der Waals surface area contributed by atoms with Crippen molar-refractivity contribution >= 4 is 0 Å². The van der Waals surface area contributed by atoms with E-state index in [9.17, 15) is 0 Å². The molecular weight excluding hydrogens is 146 g/mol. The van der Waals surface area contributed by atoms with Crippen molar-refractivity contribution in [1.82, 2.24) is 0 Å². The van der Waals surface area contributed by atoms with Gasteiger partial charge in [-0.15, -0.1) is 0 Å². The highest BCUT2D eigenvalue weighted by Gasteiger charge is 2.05. The summed E-state index contributed by atoms with van der Waals surface area (Å²) in [5.41, 5.74) is 15.8. The Labute approximate surface area is 66.5 Å². The SMILES string of the molecule is NCCC(N)OCC(O)CN. The minimum Gasteiger partial charge on any atom is -0.389 e. The Morgan fingerprint density at radius 2 is 2.00 bits per heavy atom. The summed E-state index contributed by atoms with van der Waals surface area (Å²) in [7, 11) is 0. The van der Waals surface area contributed by atoms with Crippen LogP contribution in [0.2, 0.25) is 0 Å². The van der Waals surface area contributed by atoms with E-state index in [4.69, 9.17) is 27.0 Å². The second-order valence-corrected chi connectivity index (χ2v) is 2.34. The zero-order valence-electron chi connectivity index (χ0n) is 6.57. The van der Waals surface area contributed by atoms with Crippen molar-refractivity contribution in [2.24, 2.45) is 17.2 Å². The fourth-order valence-corrected chi connectivity index (χ4v) is 0.550. The first-order valence-corrected chi connectivity index (χ1v) is 3.66. The van der Waals surface area contributed by atoms with E-state index in [-0.39, 0.29) is 19.4 Å². The Bertz CT molecular complexity index is 91.9. The van der Waals surface area contributed by atoms with Gasteiger partial charge in [-0.25, -0.2) is 0 Å². The minimum absolute atomic E-state index is 0.178. The molecule has 0 aliphatic rings. The summed E-state index contributed by atoms with van der Waals surface area (Å²) in [4.78, 5) is 0. The van der Waals surface area contributed by atoms with Gasteiger partial charge in [0, 0.05) is 6.54 Å². The van der Waals surface area contributed by atoms with Crippen molar-refractivity contribution < 1.29 is 9.84 Å². The van der Waals surface area contributed by atoms with Crippen molar-refractivity contribution in [3.63, 3.8) is 0 Å². The van der Waals surface area contributed by atoms with Gasteiger partial charge in [0.1, 0.15) is 6.23 Å². The topological polar surface area (TPSA) is 108 Å². The van der Waals surface area contributed by atoms with E-state index in [0.717, 1.165) is 0 Å². The number of ether oxygens (including phenoxy) is 1. The third kappa shape index (κ3) is 6.21. The monoisotopic (exact) mass is 163 g/mol. The molecule has 0 saturated heterocycles. The van der Waals surface area contributed by atoms with Gasteiger partial charge in [0.15, 0.2) is 0 Å². The molecule has 0 rings (SSSR count). The van der Waals surface area contributed by atoms with E-state index in [2.05, 4.69) is 0 Å². The number of aliphatic hydroxyl groups excluding tert-OH is 1. The van der Waals surface area contributed by atoms with E-state index in [1.54, 1.807) is 0 Å². The maximum atomic E-state index is 8.94. The van der Waals surface area contributed by atoms with Gasteiger partial charge >= 0.3 is 0 Å². The summed E-state index contributed by atoms with van der Waals surface area (Å²) in [5.74, 6) is 0. The van der Waals surface area contributed by atoms with Crippen LogP contribution in [0.5, 0.6) is 0 Å². The molecular formula is C6H17N3O2. The molecule has 0 heterocycles. The number of hydrogen-bond acceptors (Lipinski definition) is 5. The lowest BCUT2D eigenvalue weighted by Crippen LogP contribution is -2.33. The third-order valence-corrected chi connectivity index (χ3v) is 1.23. The summed E-state index contributed by atoms with van der Waals surface area (Å²) in [6, 6.07) is 0. The van der Waals surface area contributed by atoms with E-state index in [1.165, 1.54) is 0 Å². The highest BCUT2D eigenvalue weighted by Crippen LogP contribution is 1.90. The average molecular weight is 163 g/mol. The molecule has 0 spiro atoms. The molecule has 0 aromatic carbocycles. The second-order valence-electron chi connectivity index (χ2n) is 2.34. The second kappa shape index (κ2) is 6.51. The molecule has 2 atom stereocenters. The maximum Gasteiger partial charge on any atom is 0.106 e. The van der Waals surface area contributed by atoms with Gasteiger partial charge in [-0.1, -0.05) is 0 Å². The summed E-state index contributed by atoms with van der Waals surface area (Å²) in [6.07, 6.45) is -0.419. The zero-order valence-corrected chi connectivity index (χ0v) is 6.57. The lowest BCUT2D eigenvalue weighted by Gasteiger charge is -2.14. The quantitative estimate of drug-likeness (QED) is 0.337. The van der Waals surface area contributed by atoms with Crippen LogP contribution in [0.4, 0.5) is 0 Å². The first kappa shape index (κ1) is 10.8. The standard InChI is InChI=1S/C6H17N3O2/c7-2-1-6(9)11-4-5(10)3-8/h5-6,10H,1-4,7-9H2. The van der Waals surface area contributed by atoms with Gasteiger partial charge in [-0.05, 0) is 13.0 Å².